The van der Waals surface area contributed by atoms with Crippen molar-refractivity contribution < 1.29 is 14.3 Å². The van der Waals surface area contributed by atoms with Crippen molar-refractivity contribution in [3.63, 3.8) is 0 Å². The molecule has 2 amide bonds. The van der Waals surface area contributed by atoms with Gasteiger partial charge in [0.25, 0.3) is 0 Å². The van der Waals surface area contributed by atoms with Crippen LogP contribution in [0.2, 0.25) is 5.02 Å². The number of amides is 2. The summed E-state index contributed by atoms with van der Waals surface area (Å²) in [7, 11) is 1.58. The summed E-state index contributed by atoms with van der Waals surface area (Å²) in [5, 5.41) is 6.08. The third-order valence-electron chi connectivity index (χ3n) is 2.80. The van der Waals surface area contributed by atoms with E-state index in [0.29, 0.717) is 35.4 Å². The first kappa shape index (κ1) is 16.0. The standard InChI is InChI=1S/C16H17ClN2O3/c1-21-15-4-2-3-13(11-15)19-16(20)18-9-10-22-14-7-5-12(17)6-8-14/h2-8,11H,9-10H2,1H3,(H2,18,19,20). The number of methoxy groups -OCH3 is 1. The van der Waals surface area contributed by atoms with Crippen molar-refractivity contribution in [2.75, 3.05) is 25.6 Å². The molecule has 0 aliphatic rings. The van der Waals surface area contributed by atoms with Crippen LogP contribution in [0.5, 0.6) is 11.5 Å². The molecule has 0 saturated carbocycles. The van der Waals surface area contributed by atoms with E-state index in [1.807, 2.05) is 6.07 Å². The van der Waals surface area contributed by atoms with E-state index in [1.165, 1.54) is 0 Å². The zero-order valence-electron chi connectivity index (χ0n) is 12.1. The number of carbonyl (C=O) groups is 1. The number of hydrogen-bond donors (Lipinski definition) is 2. The summed E-state index contributed by atoms with van der Waals surface area (Å²) in [6, 6.07) is 13.9. The Balaban J connectivity index is 1.70. The number of benzene rings is 2. The predicted molar refractivity (Wildman–Crippen MR) is 87.0 cm³/mol. The van der Waals surface area contributed by atoms with Crippen LogP contribution in [0.1, 0.15) is 0 Å². The van der Waals surface area contributed by atoms with Gasteiger partial charge in [0.2, 0.25) is 0 Å². The van der Waals surface area contributed by atoms with Crippen molar-refractivity contribution in [1.29, 1.82) is 0 Å². The molecule has 0 aliphatic heterocycles. The van der Waals surface area contributed by atoms with Gasteiger partial charge in [-0.1, -0.05) is 17.7 Å². The van der Waals surface area contributed by atoms with Gasteiger partial charge < -0.3 is 20.1 Å². The van der Waals surface area contributed by atoms with Gasteiger partial charge in [-0.15, -0.1) is 0 Å². The van der Waals surface area contributed by atoms with E-state index in [2.05, 4.69) is 10.6 Å². The molecule has 0 spiro atoms. The number of urea groups is 1. The summed E-state index contributed by atoms with van der Waals surface area (Å²) >= 11 is 5.78. The van der Waals surface area contributed by atoms with Gasteiger partial charge in [0.15, 0.2) is 0 Å². The second-order valence-corrected chi connectivity index (χ2v) is 4.85. The summed E-state index contributed by atoms with van der Waals surface area (Å²) in [5.41, 5.74) is 0.662. The first-order valence-corrected chi connectivity index (χ1v) is 7.12. The smallest absolute Gasteiger partial charge is 0.319 e. The lowest BCUT2D eigenvalue weighted by molar-refractivity contribution is 0.247. The zero-order chi connectivity index (χ0) is 15.8. The van der Waals surface area contributed by atoms with Crippen molar-refractivity contribution in [1.82, 2.24) is 5.32 Å². The molecular weight excluding hydrogens is 304 g/mol. The van der Waals surface area contributed by atoms with Crippen LogP contribution >= 0.6 is 11.6 Å². The second kappa shape index (κ2) is 8.14. The Hall–Kier alpha value is -2.40. The number of anilines is 1. The van der Waals surface area contributed by atoms with Gasteiger partial charge in [-0.3, -0.25) is 0 Å². The molecule has 0 aliphatic carbocycles. The van der Waals surface area contributed by atoms with E-state index >= 15 is 0 Å². The van der Waals surface area contributed by atoms with Crippen LogP contribution in [0.3, 0.4) is 0 Å². The maximum absolute atomic E-state index is 11.7. The highest BCUT2D eigenvalue weighted by Gasteiger charge is 2.02. The van der Waals surface area contributed by atoms with Crippen molar-refractivity contribution in [2.24, 2.45) is 0 Å². The molecule has 0 bridgehead atoms. The highest BCUT2D eigenvalue weighted by atomic mass is 35.5. The predicted octanol–water partition coefficient (Wildman–Crippen LogP) is 3.55. The molecule has 22 heavy (non-hydrogen) atoms. The topological polar surface area (TPSA) is 59.6 Å². The molecule has 5 nitrogen and oxygen atoms in total. The molecule has 6 heteroatoms. The van der Waals surface area contributed by atoms with E-state index in [9.17, 15) is 4.79 Å². The van der Waals surface area contributed by atoms with Crippen LogP contribution in [0.25, 0.3) is 0 Å². The third kappa shape index (κ3) is 5.18. The lowest BCUT2D eigenvalue weighted by atomic mass is 10.3. The van der Waals surface area contributed by atoms with Gasteiger partial charge in [0.1, 0.15) is 18.1 Å². The Morgan fingerprint density at radius 3 is 2.64 bits per heavy atom. The molecule has 2 aromatic carbocycles. The van der Waals surface area contributed by atoms with Crippen molar-refractivity contribution in [3.8, 4) is 11.5 Å². The van der Waals surface area contributed by atoms with E-state index in [1.54, 1.807) is 49.6 Å². The molecule has 0 unspecified atom stereocenters. The molecule has 0 radical (unpaired) electrons. The highest BCUT2D eigenvalue weighted by molar-refractivity contribution is 6.30. The van der Waals surface area contributed by atoms with Crippen LogP contribution in [-0.2, 0) is 0 Å². The summed E-state index contributed by atoms with van der Waals surface area (Å²) < 4.78 is 10.6. The summed E-state index contributed by atoms with van der Waals surface area (Å²) in [4.78, 5) is 11.7. The fourth-order valence-electron chi connectivity index (χ4n) is 1.74. The zero-order valence-corrected chi connectivity index (χ0v) is 12.9. The van der Waals surface area contributed by atoms with E-state index in [-0.39, 0.29) is 6.03 Å². The number of halogens is 1. The van der Waals surface area contributed by atoms with Gasteiger partial charge >= 0.3 is 6.03 Å². The molecule has 2 aromatic rings. The van der Waals surface area contributed by atoms with Crippen LogP contribution < -0.4 is 20.1 Å². The Labute approximate surface area is 134 Å². The summed E-state index contributed by atoms with van der Waals surface area (Å²) in [5.74, 6) is 1.39. The van der Waals surface area contributed by atoms with Crippen LogP contribution in [-0.4, -0.2) is 26.3 Å². The van der Waals surface area contributed by atoms with Crippen LogP contribution in [0.15, 0.2) is 48.5 Å². The number of ether oxygens (including phenoxy) is 2. The minimum absolute atomic E-state index is 0.298. The lowest BCUT2D eigenvalue weighted by Crippen LogP contribution is -2.32. The highest BCUT2D eigenvalue weighted by Crippen LogP contribution is 2.16. The fourth-order valence-corrected chi connectivity index (χ4v) is 1.87. The van der Waals surface area contributed by atoms with Crippen molar-refractivity contribution >= 4 is 23.3 Å². The van der Waals surface area contributed by atoms with Gasteiger partial charge in [-0.05, 0) is 36.4 Å². The fraction of sp³-hybridized carbons (Fsp3) is 0.188. The number of hydrogen-bond acceptors (Lipinski definition) is 3. The first-order valence-electron chi connectivity index (χ1n) is 6.74. The number of nitrogens with one attached hydrogen (secondary N) is 2. The van der Waals surface area contributed by atoms with E-state index in [0.717, 1.165) is 0 Å². The summed E-state index contributed by atoms with van der Waals surface area (Å²) in [6.07, 6.45) is 0. The average molecular weight is 321 g/mol. The molecule has 0 saturated heterocycles. The SMILES string of the molecule is COc1cccc(NC(=O)NCCOc2ccc(Cl)cc2)c1. The molecule has 0 fully saturated rings. The van der Waals surface area contributed by atoms with Crippen LogP contribution in [0, 0.1) is 0 Å². The lowest BCUT2D eigenvalue weighted by Gasteiger charge is -2.10. The van der Waals surface area contributed by atoms with E-state index in [4.69, 9.17) is 21.1 Å². The molecule has 2 N–H and O–H groups in total. The second-order valence-electron chi connectivity index (χ2n) is 4.42. The maximum atomic E-state index is 11.7. The van der Waals surface area contributed by atoms with Gasteiger partial charge in [0, 0.05) is 16.8 Å². The minimum Gasteiger partial charge on any atom is -0.497 e. The van der Waals surface area contributed by atoms with Crippen LogP contribution in [0.4, 0.5) is 10.5 Å². The Morgan fingerprint density at radius 1 is 1.14 bits per heavy atom. The minimum atomic E-state index is -0.298. The Morgan fingerprint density at radius 2 is 1.91 bits per heavy atom. The largest absolute Gasteiger partial charge is 0.497 e. The quantitative estimate of drug-likeness (QED) is 0.800. The van der Waals surface area contributed by atoms with Crippen molar-refractivity contribution in [2.45, 2.75) is 0 Å². The average Bonchev–Trinajstić information content (AvgIpc) is 2.53. The molecule has 116 valence electrons. The molecule has 0 heterocycles. The molecule has 0 aromatic heterocycles. The number of rotatable bonds is 6. The molecular formula is C16H17ClN2O3. The third-order valence-corrected chi connectivity index (χ3v) is 3.05. The van der Waals surface area contributed by atoms with Crippen molar-refractivity contribution in [3.05, 3.63) is 53.6 Å². The Kier molecular flexibility index (Phi) is 5.91. The monoisotopic (exact) mass is 320 g/mol. The Bertz CT molecular complexity index is 617. The summed E-state index contributed by atoms with van der Waals surface area (Å²) in [6.45, 7) is 0.756. The molecule has 2 rings (SSSR count). The van der Waals surface area contributed by atoms with Gasteiger partial charge in [-0.25, -0.2) is 4.79 Å². The van der Waals surface area contributed by atoms with Gasteiger partial charge in [0.05, 0.1) is 13.7 Å². The normalized spacial score (nSPS) is 9.91. The maximum Gasteiger partial charge on any atom is 0.319 e. The molecule has 0 atom stereocenters. The van der Waals surface area contributed by atoms with Gasteiger partial charge in [-0.2, -0.15) is 0 Å². The first-order chi connectivity index (χ1) is 10.7. The number of carbonyl (C=O) groups excluding carboxylic acids is 1. The van der Waals surface area contributed by atoms with E-state index < -0.39 is 0 Å².